The highest BCUT2D eigenvalue weighted by atomic mass is 16.5. The lowest BCUT2D eigenvalue weighted by atomic mass is 9.87. The van der Waals surface area contributed by atoms with E-state index in [1.807, 2.05) is 12.1 Å². The summed E-state index contributed by atoms with van der Waals surface area (Å²) in [5.41, 5.74) is 6.52. The van der Waals surface area contributed by atoms with Gasteiger partial charge in [0.1, 0.15) is 5.82 Å². The maximum Gasteiger partial charge on any atom is 0.239 e. The first-order chi connectivity index (χ1) is 9.54. The van der Waals surface area contributed by atoms with Crippen molar-refractivity contribution < 1.29 is 4.74 Å². The maximum absolute atomic E-state index is 5.92. The van der Waals surface area contributed by atoms with E-state index in [1.165, 1.54) is 25.7 Å². The highest BCUT2D eigenvalue weighted by molar-refractivity contribution is 5.53. The van der Waals surface area contributed by atoms with Crippen molar-refractivity contribution in [1.82, 2.24) is 4.98 Å². The lowest BCUT2D eigenvalue weighted by molar-refractivity contribution is 0.263. The van der Waals surface area contributed by atoms with Crippen LogP contribution in [-0.2, 0) is 0 Å². The van der Waals surface area contributed by atoms with Gasteiger partial charge in [-0.3, -0.25) is 0 Å². The van der Waals surface area contributed by atoms with Crippen LogP contribution in [0.2, 0.25) is 0 Å². The molecule has 4 nitrogen and oxygen atoms in total. The zero-order valence-corrected chi connectivity index (χ0v) is 12.9. The molecular weight excluding hydrogens is 250 g/mol. The van der Waals surface area contributed by atoms with Gasteiger partial charge < -0.3 is 15.8 Å². The van der Waals surface area contributed by atoms with Gasteiger partial charge in [0.15, 0.2) is 0 Å². The SMILES string of the molecule is CC(C)COc1nc(NC2CCCC(C)C2)ccc1N. The van der Waals surface area contributed by atoms with Crippen LogP contribution < -0.4 is 15.8 Å². The van der Waals surface area contributed by atoms with Crippen LogP contribution in [0.15, 0.2) is 12.1 Å². The molecule has 20 heavy (non-hydrogen) atoms. The molecule has 0 amide bonds. The quantitative estimate of drug-likeness (QED) is 0.861. The molecule has 112 valence electrons. The molecule has 1 aromatic rings. The Bertz CT molecular complexity index is 434. The number of nitrogens with zero attached hydrogens (tertiary/aromatic N) is 1. The minimum Gasteiger partial charge on any atom is -0.476 e. The second-order valence-corrected chi connectivity index (χ2v) is 6.41. The number of ether oxygens (including phenoxy) is 1. The van der Waals surface area contributed by atoms with Crippen LogP contribution in [0.1, 0.15) is 46.5 Å². The average molecular weight is 277 g/mol. The Morgan fingerprint density at radius 2 is 2.20 bits per heavy atom. The molecule has 0 saturated heterocycles. The largest absolute Gasteiger partial charge is 0.476 e. The van der Waals surface area contributed by atoms with E-state index in [0.29, 0.717) is 30.1 Å². The molecule has 0 spiro atoms. The predicted molar refractivity (Wildman–Crippen MR) is 84.0 cm³/mol. The second kappa shape index (κ2) is 6.82. The first-order valence-corrected chi connectivity index (χ1v) is 7.70. The van der Waals surface area contributed by atoms with Crippen molar-refractivity contribution in [3.05, 3.63) is 12.1 Å². The number of aromatic nitrogens is 1. The molecule has 0 aromatic carbocycles. The Hall–Kier alpha value is -1.45. The number of rotatable bonds is 5. The summed E-state index contributed by atoms with van der Waals surface area (Å²) in [5.74, 6) is 2.68. The first-order valence-electron chi connectivity index (χ1n) is 7.70. The van der Waals surface area contributed by atoms with Crippen LogP contribution >= 0.6 is 0 Å². The summed E-state index contributed by atoms with van der Waals surface area (Å²) in [6.07, 6.45) is 5.08. The van der Waals surface area contributed by atoms with Crippen molar-refractivity contribution in [3.63, 3.8) is 0 Å². The molecule has 1 heterocycles. The lowest BCUT2D eigenvalue weighted by Gasteiger charge is -2.28. The van der Waals surface area contributed by atoms with Gasteiger partial charge in [0.25, 0.3) is 0 Å². The number of hydrogen-bond donors (Lipinski definition) is 2. The summed E-state index contributed by atoms with van der Waals surface area (Å²) in [5, 5.41) is 3.52. The van der Waals surface area contributed by atoms with Crippen molar-refractivity contribution in [1.29, 1.82) is 0 Å². The van der Waals surface area contributed by atoms with Crippen molar-refractivity contribution in [2.75, 3.05) is 17.7 Å². The van der Waals surface area contributed by atoms with E-state index >= 15 is 0 Å². The van der Waals surface area contributed by atoms with Crippen LogP contribution in [0, 0.1) is 11.8 Å². The van der Waals surface area contributed by atoms with E-state index in [0.717, 1.165) is 11.7 Å². The average Bonchev–Trinajstić information content (AvgIpc) is 2.39. The van der Waals surface area contributed by atoms with Gasteiger partial charge in [0.2, 0.25) is 5.88 Å². The predicted octanol–water partition coefficient (Wildman–Crippen LogP) is 3.69. The molecule has 0 aliphatic heterocycles. The summed E-state index contributed by atoms with van der Waals surface area (Å²) in [4.78, 5) is 4.51. The number of nitrogen functional groups attached to an aromatic ring is 1. The summed E-state index contributed by atoms with van der Waals surface area (Å²) in [6, 6.07) is 4.33. The number of anilines is 2. The highest BCUT2D eigenvalue weighted by Crippen LogP contribution is 2.27. The minimum atomic E-state index is 0.465. The summed E-state index contributed by atoms with van der Waals surface area (Å²) >= 11 is 0. The monoisotopic (exact) mass is 277 g/mol. The van der Waals surface area contributed by atoms with Crippen LogP contribution in [0.5, 0.6) is 5.88 Å². The molecule has 2 rings (SSSR count). The molecule has 1 aliphatic rings. The molecule has 0 radical (unpaired) electrons. The zero-order valence-electron chi connectivity index (χ0n) is 12.9. The second-order valence-electron chi connectivity index (χ2n) is 6.41. The minimum absolute atomic E-state index is 0.465. The Morgan fingerprint density at radius 1 is 1.40 bits per heavy atom. The Kier molecular flexibility index (Phi) is 5.10. The first kappa shape index (κ1) is 14.9. The summed E-state index contributed by atoms with van der Waals surface area (Å²) in [7, 11) is 0. The van der Waals surface area contributed by atoms with Gasteiger partial charge in [-0.1, -0.05) is 33.6 Å². The standard InChI is InChI=1S/C16H27N3O/c1-11(2)10-20-16-14(17)7-8-15(19-16)18-13-6-4-5-12(3)9-13/h7-8,11-13H,4-6,9-10,17H2,1-3H3,(H,18,19). The van der Waals surface area contributed by atoms with E-state index in [1.54, 1.807) is 0 Å². The Balaban J connectivity index is 1.99. The fraction of sp³-hybridized carbons (Fsp3) is 0.688. The third-order valence-corrected chi connectivity index (χ3v) is 3.73. The van der Waals surface area contributed by atoms with Gasteiger partial charge in [-0.25, -0.2) is 0 Å². The molecule has 0 bridgehead atoms. The number of hydrogen-bond acceptors (Lipinski definition) is 4. The van der Waals surface area contributed by atoms with Crippen LogP contribution in [0.3, 0.4) is 0 Å². The van der Waals surface area contributed by atoms with Gasteiger partial charge >= 0.3 is 0 Å². The summed E-state index contributed by atoms with van der Waals surface area (Å²) in [6.45, 7) is 7.19. The highest BCUT2D eigenvalue weighted by Gasteiger charge is 2.19. The number of nitrogens with two attached hydrogens (primary N) is 1. The normalized spacial score (nSPS) is 22.8. The van der Waals surface area contributed by atoms with Gasteiger partial charge in [-0.05, 0) is 36.8 Å². The van der Waals surface area contributed by atoms with E-state index in [9.17, 15) is 0 Å². The topological polar surface area (TPSA) is 60.2 Å². The third kappa shape index (κ3) is 4.29. The molecule has 1 aromatic heterocycles. The third-order valence-electron chi connectivity index (χ3n) is 3.73. The molecule has 1 fully saturated rings. The van der Waals surface area contributed by atoms with E-state index in [-0.39, 0.29) is 0 Å². The van der Waals surface area contributed by atoms with Gasteiger partial charge in [-0.15, -0.1) is 0 Å². The van der Waals surface area contributed by atoms with Crippen LogP contribution in [0.25, 0.3) is 0 Å². The molecule has 1 saturated carbocycles. The van der Waals surface area contributed by atoms with Crippen molar-refractivity contribution in [2.45, 2.75) is 52.5 Å². The number of pyridine rings is 1. The molecule has 3 N–H and O–H groups in total. The fourth-order valence-electron chi connectivity index (χ4n) is 2.67. The number of nitrogens with one attached hydrogen (secondary N) is 1. The maximum atomic E-state index is 5.92. The Morgan fingerprint density at radius 3 is 2.90 bits per heavy atom. The lowest BCUT2D eigenvalue weighted by Crippen LogP contribution is -2.26. The van der Waals surface area contributed by atoms with Crippen molar-refractivity contribution >= 4 is 11.5 Å². The van der Waals surface area contributed by atoms with Gasteiger partial charge in [0, 0.05) is 6.04 Å². The Labute approximate surface area is 122 Å². The molecule has 2 atom stereocenters. The molecule has 4 heteroatoms. The fourth-order valence-corrected chi connectivity index (χ4v) is 2.67. The van der Waals surface area contributed by atoms with Gasteiger partial charge in [-0.2, -0.15) is 4.98 Å². The van der Waals surface area contributed by atoms with Crippen molar-refractivity contribution in [2.24, 2.45) is 11.8 Å². The molecule has 1 aliphatic carbocycles. The van der Waals surface area contributed by atoms with Crippen LogP contribution in [-0.4, -0.2) is 17.6 Å². The molecule has 2 unspecified atom stereocenters. The van der Waals surface area contributed by atoms with E-state index in [4.69, 9.17) is 10.5 Å². The smallest absolute Gasteiger partial charge is 0.239 e. The van der Waals surface area contributed by atoms with E-state index < -0.39 is 0 Å². The van der Waals surface area contributed by atoms with Gasteiger partial charge in [0.05, 0.1) is 12.3 Å². The van der Waals surface area contributed by atoms with Crippen LogP contribution in [0.4, 0.5) is 11.5 Å². The van der Waals surface area contributed by atoms with E-state index in [2.05, 4.69) is 31.1 Å². The zero-order chi connectivity index (χ0) is 14.5. The summed E-state index contributed by atoms with van der Waals surface area (Å²) < 4.78 is 5.67. The molecular formula is C16H27N3O. The van der Waals surface area contributed by atoms with Crippen molar-refractivity contribution in [3.8, 4) is 5.88 Å².